The first-order valence-corrected chi connectivity index (χ1v) is 9.58. The van der Waals surface area contributed by atoms with E-state index in [-0.39, 0.29) is 17.6 Å². The van der Waals surface area contributed by atoms with Crippen LogP contribution in [0.5, 0.6) is 0 Å². The molecule has 5 nitrogen and oxygen atoms in total. The van der Waals surface area contributed by atoms with Crippen LogP contribution in [0.2, 0.25) is 0 Å². The van der Waals surface area contributed by atoms with Crippen LogP contribution in [0.15, 0.2) is 30.3 Å². The maximum atomic E-state index is 12.8. The van der Waals surface area contributed by atoms with Crippen LogP contribution in [0, 0.1) is 0 Å². The van der Waals surface area contributed by atoms with Crippen LogP contribution >= 0.6 is 12.2 Å². The molecule has 2 aliphatic rings. The van der Waals surface area contributed by atoms with Crippen LogP contribution in [0.1, 0.15) is 31.7 Å². The maximum absolute atomic E-state index is 12.8. The number of hydrogen-bond acceptors (Lipinski definition) is 3. The summed E-state index contributed by atoms with van der Waals surface area (Å²) in [6, 6.07) is 10.1. The summed E-state index contributed by atoms with van der Waals surface area (Å²) in [6.45, 7) is 4.80. The van der Waals surface area contributed by atoms with Gasteiger partial charge in [0.15, 0.2) is 5.11 Å². The Hall–Kier alpha value is -1.66. The molecule has 0 bridgehead atoms. The molecule has 0 unspecified atom stereocenters. The molecule has 2 N–H and O–H groups in total. The molecule has 0 aromatic heterocycles. The van der Waals surface area contributed by atoms with Gasteiger partial charge in [-0.05, 0) is 30.6 Å². The Balaban J connectivity index is 1.61. The van der Waals surface area contributed by atoms with E-state index < -0.39 is 0 Å². The van der Waals surface area contributed by atoms with Gasteiger partial charge in [-0.2, -0.15) is 0 Å². The quantitative estimate of drug-likeness (QED) is 0.801. The predicted molar refractivity (Wildman–Crippen MR) is 104 cm³/mol. The average molecular weight is 361 g/mol. The van der Waals surface area contributed by atoms with E-state index in [1.807, 2.05) is 30.1 Å². The molecule has 1 aromatic rings. The van der Waals surface area contributed by atoms with E-state index in [0.717, 1.165) is 50.4 Å². The molecule has 0 saturated carbocycles. The molecule has 2 heterocycles. The van der Waals surface area contributed by atoms with Crippen molar-refractivity contribution in [2.75, 3.05) is 26.7 Å². The van der Waals surface area contributed by atoms with Gasteiger partial charge in [0.1, 0.15) is 0 Å². The number of carbonyl (C=O) groups is 1. The molecular weight excluding hydrogens is 332 g/mol. The van der Waals surface area contributed by atoms with E-state index in [9.17, 15) is 4.79 Å². The van der Waals surface area contributed by atoms with Gasteiger partial charge in [0.25, 0.3) is 0 Å². The second kappa shape index (κ2) is 7.70. The smallest absolute Gasteiger partial charge is 0.241 e. The number of nitrogens with one attached hydrogen (secondary N) is 2. The zero-order valence-electron chi connectivity index (χ0n) is 15.1. The lowest BCUT2D eigenvalue weighted by Crippen LogP contribution is -2.59. The summed E-state index contributed by atoms with van der Waals surface area (Å²) in [5, 5.41) is 7.78. The lowest BCUT2D eigenvalue weighted by atomic mass is 9.96. The molecule has 2 fully saturated rings. The zero-order valence-corrected chi connectivity index (χ0v) is 15.9. The van der Waals surface area contributed by atoms with Gasteiger partial charge in [0.05, 0.1) is 11.7 Å². The van der Waals surface area contributed by atoms with Crippen molar-refractivity contribution < 1.29 is 4.79 Å². The van der Waals surface area contributed by atoms with Gasteiger partial charge in [-0.1, -0.05) is 37.3 Å². The average Bonchev–Trinajstić information content (AvgIpc) is 2.86. The second-order valence-corrected chi connectivity index (χ2v) is 7.42. The number of hydrogen-bond donors (Lipinski definition) is 2. The fraction of sp³-hybridized carbons (Fsp3) is 0.579. The van der Waals surface area contributed by atoms with Gasteiger partial charge in [-0.25, -0.2) is 0 Å². The van der Waals surface area contributed by atoms with Gasteiger partial charge >= 0.3 is 0 Å². The molecule has 25 heavy (non-hydrogen) atoms. The van der Waals surface area contributed by atoms with Crippen molar-refractivity contribution in [1.82, 2.24) is 20.4 Å². The van der Waals surface area contributed by atoms with Gasteiger partial charge in [0, 0.05) is 39.5 Å². The van der Waals surface area contributed by atoms with Gasteiger partial charge in [0.2, 0.25) is 5.91 Å². The third kappa shape index (κ3) is 3.80. The highest BCUT2D eigenvalue weighted by Crippen LogP contribution is 2.32. The van der Waals surface area contributed by atoms with E-state index >= 15 is 0 Å². The van der Waals surface area contributed by atoms with E-state index in [4.69, 9.17) is 12.2 Å². The fourth-order valence-electron chi connectivity index (χ4n) is 3.82. The number of amides is 1. The Bertz CT molecular complexity index is 613. The lowest BCUT2D eigenvalue weighted by molar-refractivity contribution is -0.131. The Morgan fingerprint density at radius 1 is 1.32 bits per heavy atom. The number of likely N-dealkylation sites (N-methyl/N-ethyl adjacent to an activating group) is 1. The summed E-state index contributed by atoms with van der Waals surface area (Å²) >= 11 is 5.48. The van der Waals surface area contributed by atoms with Gasteiger partial charge in [-0.3, -0.25) is 10.1 Å². The van der Waals surface area contributed by atoms with E-state index in [1.165, 1.54) is 5.56 Å². The monoisotopic (exact) mass is 360 g/mol. The first kappa shape index (κ1) is 18.1. The maximum Gasteiger partial charge on any atom is 0.241 e. The van der Waals surface area contributed by atoms with Crippen LogP contribution in [-0.2, 0) is 11.2 Å². The molecule has 0 aliphatic carbocycles. The Labute approximate surface area is 155 Å². The van der Waals surface area contributed by atoms with Crippen LogP contribution in [0.25, 0.3) is 0 Å². The number of nitrogens with zero attached hydrogens (tertiary/aromatic N) is 2. The molecule has 136 valence electrons. The first-order chi connectivity index (χ1) is 12.1. The minimum absolute atomic E-state index is 0.135. The van der Waals surface area contributed by atoms with Crippen molar-refractivity contribution in [1.29, 1.82) is 0 Å². The van der Waals surface area contributed by atoms with Gasteiger partial charge < -0.3 is 15.1 Å². The van der Waals surface area contributed by atoms with Crippen LogP contribution in [0.4, 0.5) is 0 Å². The van der Waals surface area contributed by atoms with Crippen LogP contribution in [0.3, 0.4) is 0 Å². The molecule has 1 aromatic carbocycles. The van der Waals surface area contributed by atoms with Crippen LogP contribution in [-0.4, -0.2) is 59.2 Å². The van der Waals surface area contributed by atoms with Crippen molar-refractivity contribution >= 4 is 23.2 Å². The van der Waals surface area contributed by atoms with Crippen molar-refractivity contribution in [2.45, 2.75) is 44.3 Å². The number of benzene rings is 1. The molecule has 1 atom stereocenters. The highest BCUT2D eigenvalue weighted by Gasteiger charge is 2.49. The first-order valence-electron chi connectivity index (χ1n) is 9.18. The third-order valence-corrected chi connectivity index (χ3v) is 5.80. The van der Waals surface area contributed by atoms with Crippen molar-refractivity contribution in [3.63, 3.8) is 0 Å². The largest absolute Gasteiger partial charge is 0.363 e. The topological polar surface area (TPSA) is 47.6 Å². The third-order valence-electron chi connectivity index (χ3n) is 5.40. The summed E-state index contributed by atoms with van der Waals surface area (Å²) in [5.41, 5.74) is 0.967. The minimum Gasteiger partial charge on any atom is -0.363 e. The Morgan fingerprint density at radius 2 is 2.00 bits per heavy atom. The van der Waals surface area contributed by atoms with E-state index in [0.29, 0.717) is 0 Å². The molecule has 0 radical (unpaired) electrons. The standard InChI is InChI=1S/C19H28N4OS/c1-3-11-20-18(25)23-12-9-19(10-13-23)21-16(17(24)22(19)2)14-15-7-5-4-6-8-15/h4-8,16,21H,3,9-14H2,1-2H3,(H,20,25)/t16-/m0/s1. The van der Waals surface area contributed by atoms with Crippen molar-refractivity contribution in [2.24, 2.45) is 0 Å². The van der Waals surface area contributed by atoms with Crippen molar-refractivity contribution in [3.05, 3.63) is 35.9 Å². The Kier molecular flexibility index (Phi) is 5.59. The highest BCUT2D eigenvalue weighted by atomic mass is 32.1. The van der Waals surface area contributed by atoms with Crippen molar-refractivity contribution in [3.8, 4) is 0 Å². The lowest BCUT2D eigenvalue weighted by Gasteiger charge is -2.44. The number of likely N-dealkylation sites (tertiary alicyclic amines) is 1. The minimum atomic E-state index is -0.229. The molecule has 3 rings (SSSR count). The van der Waals surface area contributed by atoms with Crippen LogP contribution < -0.4 is 10.6 Å². The number of rotatable bonds is 4. The Morgan fingerprint density at radius 3 is 2.64 bits per heavy atom. The SMILES string of the molecule is CCCNC(=S)N1CCC2(CC1)N[C@@H](Cc1ccccc1)C(=O)N2C. The normalized spacial score (nSPS) is 22.5. The zero-order chi connectivity index (χ0) is 17.9. The van der Waals surface area contributed by atoms with Gasteiger partial charge in [-0.15, -0.1) is 0 Å². The fourth-order valence-corrected chi connectivity index (χ4v) is 4.10. The molecular formula is C19H28N4OS. The molecule has 6 heteroatoms. The van der Waals surface area contributed by atoms with E-state index in [2.05, 4.69) is 34.6 Å². The number of carbonyl (C=O) groups excluding carboxylic acids is 1. The summed E-state index contributed by atoms with van der Waals surface area (Å²) in [6.07, 6.45) is 3.60. The predicted octanol–water partition coefficient (Wildman–Crippen LogP) is 1.74. The second-order valence-electron chi connectivity index (χ2n) is 7.03. The molecule has 2 saturated heterocycles. The number of piperidine rings is 1. The number of thiocarbonyl (C=S) groups is 1. The van der Waals surface area contributed by atoms with E-state index in [1.54, 1.807) is 0 Å². The summed E-state index contributed by atoms with van der Waals surface area (Å²) in [7, 11) is 1.93. The molecule has 1 amide bonds. The summed E-state index contributed by atoms with van der Waals surface area (Å²) < 4.78 is 0. The highest BCUT2D eigenvalue weighted by molar-refractivity contribution is 7.80. The molecule has 1 spiro atoms. The molecule has 2 aliphatic heterocycles. The summed E-state index contributed by atoms with van der Waals surface area (Å²) in [5.74, 6) is 0.198. The summed E-state index contributed by atoms with van der Waals surface area (Å²) in [4.78, 5) is 16.9.